The van der Waals surface area contributed by atoms with Crippen LogP contribution in [0.4, 0.5) is 22.7 Å². The molecule has 0 unspecified atom stereocenters. The number of nitrogens with zero attached hydrogens (tertiary/aromatic N) is 4. The average molecular weight is 1200 g/mol. The Bertz CT molecular complexity index is 3820. The number of fused-ring (bicyclic) bond motifs is 4. The van der Waals surface area contributed by atoms with E-state index in [9.17, 15) is 0 Å². The number of rotatable bonds is 10. The van der Waals surface area contributed by atoms with Gasteiger partial charge >= 0.3 is 0 Å². The molecule has 0 saturated carbocycles. The summed E-state index contributed by atoms with van der Waals surface area (Å²) < 4.78 is 9.34. The molecule has 1 aliphatic rings. The van der Waals surface area contributed by atoms with Gasteiger partial charge in [-0.25, -0.2) is 4.98 Å². The summed E-state index contributed by atoms with van der Waals surface area (Å²) in [5.41, 5.74) is 16.2. The summed E-state index contributed by atoms with van der Waals surface area (Å²) in [6.45, 7) is 31.9. The number of aromatic nitrogens is 2. The van der Waals surface area contributed by atoms with Gasteiger partial charge in [0.25, 0.3) is 0 Å². The minimum absolute atomic E-state index is 0. The quantitative estimate of drug-likeness (QED) is 0.128. The maximum atomic E-state index is 7.08. The van der Waals surface area contributed by atoms with Crippen molar-refractivity contribution in [3.8, 4) is 28.4 Å². The van der Waals surface area contributed by atoms with Crippen molar-refractivity contribution in [1.82, 2.24) is 9.55 Å². The normalized spacial score (nSPS) is 13.2. The van der Waals surface area contributed by atoms with E-state index in [0.717, 1.165) is 55.9 Å². The molecule has 0 atom stereocenters. The third kappa shape index (κ3) is 10.2. The van der Waals surface area contributed by atoms with Gasteiger partial charge in [0.2, 0.25) is 0 Å². The van der Waals surface area contributed by atoms with Gasteiger partial charge in [0.15, 0.2) is 0 Å². The number of hydrogen-bond acceptors (Lipinski definition) is 4. The van der Waals surface area contributed by atoms with Crippen LogP contribution in [0.5, 0.6) is 11.5 Å². The number of pyridine rings is 1. The van der Waals surface area contributed by atoms with E-state index in [2.05, 4.69) is 305 Å². The SMILES string of the molecule is CC(C)(C)c1cc(Oc2[c-]c3c(cc2)c2cc(C(C)(C)c4ccccc4)ccc2n3-c2cc(C(C)(C)c3ccccc3)ccn2)[c-]c(N2[CH-]N(c3cc(-c4ccccc4)cc(C(C)(C)C)c3)c3ccc(C(C)(C)C)cc32)c1.[Pt]. The number of anilines is 4. The summed E-state index contributed by atoms with van der Waals surface area (Å²) in [5.74, 6) is 2.03. The van der Waals surface area contributed by atoms with Crippen LogP contribution in [-0.2, 0) is 48.1 Å². The zero-order chi connectivity index (χ0) is 54.2. The topological polar surface area (TPSA) is 33.5 Å². The molecule has 0 N–H and O–H groups in total. The summed E-state index contributed by atoms with van der Waals surface area (Å²) in [5, 5.41) is 2.21. The van der Waals surface area contributed by atoms with E-state index in [1.807, 2.05) is 6.20 Å². The fourth-order valence-electron chi connectivity index (χ4n) is 10.9. The second-order valence-corrected chi connectivity index (χ2v) is 25.2. The maximum absolute atomic E-state index is 7.08. The first-order valence-corrected chi connectivity index (χ1v) is 27.2. The Balaban J connectivity index is 0.00000688. The Morgan fingerprint density at radius 3 is 1.64 bits per heavy atom. The molecule has 5 nitrogen and oxygen atoms in total. The van der Waals surface area contributed by atoms with Gasteiger partial charge in [-0.2, -0.15) is 6.07 Å². The Kier molecular flexibility index (Phi) is 14.0. The minimum atomic E-state index is -0.269. The predicted octanol–water partition coefficient (Wildman–Crippen LogP) is 19.2. The molecule has 0 bridgehead atoms. The first kappa shape index (κ1) is 54.2. The Morgan fingerprint density at radius 1 is 0.423 bits per heavy atom. The van der Waals surface area contributed by atoms with E-state index in [4.69, 9.17) is 9.72 Å². The van der Waals surface area contributed by atoms with Gasteiger partial charge in [0.05, 0.1) is 0 Å². The number of ether oxygens (including phenoxy) is 1. The van der Waals surface area contributed by atoms with Crippen molar-refractivity contribution in [2.75, 3.05) is 9.80 Å². The zero-order valence-corrected chi connectivity index (χ0v) is 49.8. The standard InChI is InChI=1S/C72H71N4O.Pt/c1-68(2,3)52-29-34-64-66(43-52)75(47-74(64)57-38-49(48-23-17-14-18-24-48)37-55(39-57)69(4,5)6)58-40-56(70(7,8)9)41-60(45-58)77-59-31-32-61-62-42-53(71(10,11)50-25-19-15-20-26-50)30-33-63(62)76(65(61)46-59)67-44-54(35-36-73-67)72(12,13)51-27-21-16-22-28-51;/h14-44,47H,1-13H3;/q-3;. The van der Waals surface area contributed by atoms with Crippen molar-refractivity contribution in [3.05, 3.63) is 246 Å². The molecule has 0 amide bonds. The molecule has 0 aliphatic carbocycles. The van der Waals surface area contributed by atoms with Crippen LogP contribution in [0.1, 0.15) is 129 Å². The van der Waals surface area contributed by atoms with Crippen LogP contribution in [0.25, 0.3) is 38.8 Å². The molecule has 11 rings (SSSR count). The van der Waals surface area contributed by atoms with E-state index in [-0.39, 0.29) is 48.1 Å². The van der Waals surface area contributed by atoms with Gasteiger partial charge in [0, 0.05) is 72.2 Å². The molecular formula is C72H71N4OPt-3. The zero-order valence-electron chi connectivity index (χ0n) is 47.5. The number of benzene rings is 8. The van der Waals surface area contributed by atoms with Crippen molar-refractivity contribution in [2.24, 2.45) is 0 Å². The van der Waals surface area contributed by atoms with Crippen molar-refractivity contribution in [1.29, 1.82) is 0 Å². The van der Waals surface area contributed by atoms with Gasteiger partial charge in [-0.1, -0.05) is 211 Å². The largest absolute Gasteiger partial charge is 0.509 e. The second kappa shape index (κ2) is 20.2. The Hall–Kier alpha value is -7.20. The summed E-state index contributed by atoms with van der Waals surface area (Å²) >= 11 is 0. The molecule has 8 aromatic carbocycles. The molecule has 398 valence electrons. The molecule has 1 aliphatic heterocycles. The van der Waals surface area contributed by atoms with Crippen LogP contribution in [0.3, 0.4) is 0 Å². The van der Waals surface area contributed by atoms with Crippen LogP contribution in [0.2, 0.25) is 0 Å². The molecule has 3 heterocycles. The third-order valence-corrected chi connectivity index (χ3v) is 16.0. The summed E-state index contributed by atoms with van der Waals surface area (Å²) in [6.07, 6.45) is 1.94. The number of hydrogen-bond donors (Lipinski definition) is 0. The minimum Gasteiger partial charge on any atom is -0.509 e. The Labute approximate surface area is 478 Å². The van der Waals surface area contributed by atoms with Crippen LogP contribution in [0.15, 0.2) is 188 Å². The third-order valence-electron chi connectivity index (χ3n) is 16.0. The molecule has 0 radical (unpaired) electrons. The van der Waals surface area contributed by atoms with Gasteiger partial charge < -0.3 is 19.1 Å². The van der Waals surface area contributed by atoms with Crippen molar-refractivity contribution in [2.45, 2.75) is 117 Å². The molecule has 0 spiro atoms. The van der Waals surface area contributed by atoms with E-state index in [1.54, 1.807) is 0 Å². The van der Waals surface area contributed by atoms with Crippen molar-refractivity contribution >= 4 is 44.6 Å². The van der Waals surface area contributed by atoms with Gasteiger partial charge in [-0.05, 0) is 109 Å². The van der Waals surface area contributed by atoms with Crippen molar-refractivity contribution in [3.63, 3.8) is 0 Å². The monoisotopic (exact) mass is 1200 g/mol. The van der Waals surface area contributed by atoms with E-state index in [1.165, 1.54) is 44.5 Å². The molecule has 0 saturated heterocycles. The summed E-state index contributed by atoms with van der Waals surface area (Å²) in [4.78, 5) is 9.75. The van der Waals surface area contributed by atoms with Gasteiger partial charge in [0.1, 0.15) is 5.82 Å². The smallest absolute Gasteiger partial charge is 0.135 e. The average Bonchev–Trinajstić information content (AvgIpc) is 4.09. The van der Waals surface area contributed by atoms with E-state index >= 15 is 0 Å². The summed E-state index contributed by atoms with van der Waals surface area (Å²) in [6, 6.07) is 73.7. The van der Waals surface area contributed by atoms with Gasteiger partial charge in [-0.15, -0.1) is 53.6 Å². The van der Waals surface area contributed by atoms with Crippen LogP contribution >= 0.6 is 0 Å². The van der Waals surface area contributed by atoms with Crippen molar-refractivity contribution < 1.29 is 25.8 Å². The van der Waals surface area contributed by atoms with Crippen LogP contribution in [-0.4, -0.2) is 9.55 Å². The Morgan fingerprint density at radius 2 is 1.01 bits per heavy atom. The molecule has 0 fully saturated rings. The first-order valence-electron chi connectivity index (χ1n) is 27.2. The fourth-order valence-corrected chi connectivity index (χ4v) is 10.9. The molecule has 10 aromatic rings. The fraction of sp³-hybridized carbons (Fsp3) is 0.250. The molecule has 78 heavy (non-hydrogen) atoms. The molecular weight excluding hydrogens is 1130 g/mol. The van der Waals surface area contributed by atoms with Crippen LogP contribution < -0.4 is 14.5 Å². The van der Waals surface area contributed by atoms with E-state index < -0.39 is 0 Å². The van der Waals surface area contributed by atoms with E-state index in [0.29, 0.717) is 11.5 Å². The van der Waals surface area contributed by atoms with Gasteiger partial charge in [-0.3, -0.25) is 0 Å². The second-order valence-electron chi connectivity index (χ2n) is 25.2. The first-order chi connectivity index (χ1) is 36.5. The summed E-state index contributed by atoms with van der Waals surface area (Å²) in [7, 11) is 0. The van der Waals surface area contributed by atoms with Crippen LogP contribution in [0, 0.1) is 18.8 Å². The molecule has 6 heteroatoms. The maximum Gasteiger partial charge on any atom is 0.135 e. The predicted molar refractivity (Wildman–Crippen MR) is 323 cm³/mol. The molecule has 2 aromatic heterocycles.